The van der Waals surface area contributed by atoms with E-state index in [4.69, 9.17) is 0 Å². The minimum Gasteiger partial charge on any atom is -0.332 e. The summed E-state index contributed by atoms with van der Waals surface area (Å²) >= 11 is 0. The monoisotopic (exact) mass is 264 g/mol. The van der Waals surface area contributed by atoms with Crippen molar-refractivity contribution in [2.75, 3.05) is 0 Å². The van der Waals surface area contributed by atoms with Crippen LogP contribution in [-0.4, -0.2) is 9.55 Å². The fourth-order valence-corrected chi connectivity index (χ4v) is 2.88. The van der Waals surface area contributed by atoms with Crippen molar-refractivity contribution in [3.8, 4) is 0 Å². The van der Waals surface area contributed by atoms with Crippen molar-refractivity contribution in [1.29, 1.82) is 0 Å². The Morgan fingerprint density at radius 1 is 1.05 bits per heavy atom. The van der Waals surface area contributed by atoms with Crippen molar-refractivity contribution in [2.45, 2.75) is 91.0 Å². The molecule has 0 spiro atoms. The summed E-state index contributed by atoms with van der Waals surface area (Å²) in [7, 11) is 0. The van der Waals surface area contributed by atoms with E-state index in [-0.39, 0.29) is 0 Å². The lowest BCUT2D eigenvalue weighted by Gasteiger charge is -2.21. The predicted octanol–water partition coefficient (Wildman–Crippen LogP) is 5.71. The highest BCUT2D eigenvalue weighted by atomic mass is 15.1. The van der Waals surface area contributed by atoms with Crippen LogP contribution in [-0.2, 0) is 0 Å². The summed E-state index contributed by atoms with van der Waals surface area (Å²) in [6, 6.07) is 0.597. The van der Waals surface area contributed by atoms with Crippen LogP contribution in [0.25, 0.3) is 0 Å². The van der Waals surface area contributed by atoms with E-state index in [0.29, 0.717) is 12.0 Å². The van der Waals surface area contributed by atoms with Gasteiger partial charge in [-0.05, 0) is 26.2 Å². The van der Waals surface area contributed by atoms with E-state index in [2.05, 4.69) is 43.4 Å². The lowest BCUT2D eigenvalue weighted by atomic mass is 9.99. The zero-order chi connectivity index (χ0) is 14.1. The molecule has 110 valence electrons. The molecule has 1 rings (SSSR count). The van der Waals surface area contributed by atoms with E-state index in [1.807, 2.05) is 6.20 Å². The van der Waals surface area contributed by atoms with Gasteiger partial charge in [0.2, 0.25) is 0 Å². The van der Waals surface area contributed by atoms with Crippen molar-refractivity contribution >= 4 is 0 Å². The van der Waals surface area contributed by atoms with Crippen molar-refractivity contribution in [3.05, 3.63) is 18.2 Å². The van der Waals surface area contributed by atoms with Crippen LogP contribution >= 0.6 is 0 Å². The first-order chi connectivity index (χ1) is 9.24. The van der Waals surface area contributed by atoms with Gasteiger partial charge in [0.1, 0.15) is 5.82 Å². The van der Waals surface area contributed by atoms with Gasteiger partial charge in [-0.2, -0.15) is 0 Å². The topological polar surface area (TPSA) is 17.8 Å². The molecule has 0 fully saturated rings. The Bertz CT molecular complexity index is 330. The molecule has 2 heteroatoms. The first-order valence-corrected chi connectivity index (χ1v) is 8.27. The van der Waals surface area contributed by atoms with E-state index >= 15 is 0 Å². The Balaban J connectivity index is 2.59. The van der Waals surface area contributed by atoms with Crippen molar-refractivity contribution in [3.63, 3.8) is 0 Å². The van der Waals surface area contributed by atoms with Gasteiger partial charge in [-0.3, -0.25) is 0 Å². The number of aromatic nitrogens is 2. The zero-order valence-electron chi connectivity index (χ0n) is 13.4. The van der Waals surface area contributed by atoms with Gasteiger partial charge in [0.25, 0.3) is 0 Å². The van der Waals surface area contributed by atoms with E-state index in [9.17, 15) is 0 Å². The lowest BCUT2D eigenvalue weighted by Crippen LogP contribution is -2.12. The van der Waals surface area contributed by atoms with Crippen LogP contribution in [0.1, 0.15) is 96.8 Å². The average Bonchev–Trinajstić information content (AvgIpc) is 2.90. The summed E-state index contributed by atoms with van der Waals surface area (Å²) < 4.78 is 2.43. The normalized spacial score (nSPS) is 14.5. The molecular formula is C17H32N2. The second-order valence-corrected chi connectivity index (χ2v) is 5.78. The molecule has 0 N–H and O–H groups in total. The second kappa shape index (κ2) is 9.17. The first kappa shape index (κ1) is 16.3. The quantitative estimate of drug-likeness (QED) is 0.495. The minimum atomic E-state index is 0.597. The molecule has 0 aliphatic carbocycles. The van der Waals surface area contributed by atoms with Gasteiger partial charge in [-0.25, -0.2) is 4.98 Å². The molecule has 2 nitrogen and oxygen atoms in total. The fraction of sp³-hybridized carbons (Fsp3) is 0.824. The first-order valence-electron chi connectivity index (χ1n) is 8.27. The van der Waals surface area contributed by atoms with Gasteiger partial charge in [-0.15, -0.1) is 0 Å². The van der Waals surface area contributed by atoms with Crippen molar-refractivity contribution < 1.29 is 0 Å². The maximum Gasteiger partial charge on any atom is 0.111 e. The standard InChI is InChI=1S/C17H32N2/c1-5-8-9-10-12-15(4)19-14-13-18-17(19)16(7-3)11-6-2/h13-16H,5-12H2,1-4H3. The Hall–Kier alpha value is -0.790. The molecule has 0 bridgehead atoms. The van der Waals surface area contributed by atoms with Crippen molar-refractivity contribution in [2.24, 2.45) is 0 Å². The van der Waals surface area contributed by atoms with E-state index in [1.165, 1.54) is 57.2 Å². The summed E-state index contributed by atoms with van der Waals surface area (Å²) in [4.78, 5) is 4.63. The average molecular weight is 264 g/mol. The van der Waals surface area contributed by atoms with Crippen LogP contribution in [0, 0.1) is 0 Å². The Morgan fingerprint density at radius 2 is 1.84 bits per heavy atom. The Kier molecular flexibility index (Phi) is 7.85. The Morgan fingerprint density at radius 3 is 2.47 bits per heavy atom. The third-order valence-electron chi connectivity index (χ3n) is 4.14. The lowest BCUT2D eigenvalue weighted by molar-refractivity contribution is 0.433. The summed E-state index contributed by atoms with van der Waals surface area (Å²) in [6.07, 6.45) is 14.6. The van der Waals surface area contributed by atoms with Crippen LogP contribution in [0.4, 0.5) is 0 Å². The number of nitrogens with zero attached hydrogens (tertiary/aromatic N) is 2. The molecule has 0 radical (unpaired) electrons. The molecule has 19 heavy (non-hydrogen) atoms. The summed E-state index contributed by atoms with van der Waals surface area (Å²) in [6.45, 7) is 9.17. The van der Waals surface area contributed by atoms with E-state index < -0.39 is 0 Å². The molecule has 1 heterocycles. The summed E-state index contributed by atoms with van der Waals surface area (Å²) in [5.74, 6) is 1.95. The second-order valence-electron chi connectivity index (χ2n) is 5.78. The molecule has 2 unspecified atom stereocenters. The van der Waals surface area contributed by atoms with Gasteiger partial charge < -0.3 is 4.57 Å². The molecule has 0 aliphatic heterocycles. The van der Waals surface area contributed by atoms with Gasteiger partial charge >= 0.3 is 0 Å². The van der Waals surface area contributed by atoms with Crippen LogP contribution in [0.2, 0.25) is 0 Å². The van der Waals surface area contributed by atoms with Crippen LogP contribution in [0.5, 0.6) is 0 Å². The highest BCUT2D eigenvalue weighted by Crippen LogP contribution is 2.27. The molecule has 0 saturated carbocycles. The molecule has 1 aromatic rings. The SMILES string of the molecule is CCCCCCC(C)n1ccnc1C(CC)CCC. The smallest absolute Gasteiger partial charge is 0.111 e. The molecule has 0 amide bonds. The number of hydrogen-bond acceptors (Lipinski definition) is 1. The fourth-order valence-electron chi connectivity index (χ4n) is 2.88. The number of rotatable bonds is 10. The molecule has 1 aromatic heterocycles. The number of imidazole rings is 1. The minimum absolute atomic E-state index is 0.597. The largest absolute Gasteiger partial charge is 0.332 e. The van der Waals surface area contributed by atoms with Gasteiger partial charge in [0.15, 0.2) is 0 Å². The third kappa shape index (κ3) is 5.00. The number of hydrogen-bond donors (Lipinski definition) is 0. The van der Waals surface area contributed by atoms with E-state index in [1.54, 1.807) is 0 Å². The Labute approximate surface area is 119 Å². The number of unbranched alkanes of at least 4 members (excludes halogenated alkanes) is 3. The molecule has 0 aliphatic rings. The summed E-state index contributed by atoms with van der Waals surface area (Å²) in [5, 5.41) is 0. The molecule has 2 atom stereocenters. The van der Waals surface area contributed by atoms with Gasteiger partial charge in [-0.1, -0.05) is 52.9 Å². The van der Waals surface area contributed by atoms with E-state index in [0.717, 1.165) is 0 Å². The maximum absolute atomic E-state index is 4.63. The molecular weight excluding hydrogens is 232 g/mol. The highest BCUT2D eigenvalue weighted by molar-refractivity contribution is 5.02. The van der Waals surface area contributed by atoms with Crippen LogP contribution in [0.3, 0.4) is 0 Å². The highest BCUT2D eigenvalue weighted by Gasteiger charge is 2.17. The molecule has 0 saturated heterocycles. The van der Waals surface area contributed by atoms with Crippen molar-refractivity contribution in [1.82, 2.24) is 9.55 Å². The predicted molar refractivity (Wildman–Crippen MR) is 83.6 cm³/mol. The van der Waals surface area contributed by atoms with Crippen LogP contribution in [0.15, 0.2) is 12.4 Å². The maximum atomic E-state index is 4.63. The van der Waals surface area contributed by atoms with Gasteiger partial charge in [0, 0.05) is 24.4 Å². The molecule has 0 aromatic carbocycles. The third-order valence-corrected chi connectivity index (χ3v) is 4.14. The zero-order valence-corrected chi connectivity index (χ0v) is 13.4. The summed E-state index contributed by atoms with van der Waals surface area (Å²) in [5.41, 5.74) is 0. The van der Waals surface area contributed by atoms with Gasteiger partial charge in [0.05, 0.1) is 0 Å². The van der Waals surface area contributed by atoms with Crippen LogP contribution < -0.4 is 0 Å².